The number of rotatable bonds is 5. The number of halogens is 2. The molecule has 2 aromatic carbocycles. The molecule has 0 aliphatic carbocycles. The molecule has 0 bridgehead atoms. The molecule has 0 radical (unpaired) electrons. The molecule has 0 amide bonds. The summed E-state index contributed by atoms with van der Waals surface area (Å²) in [7, 11) is 1.82. The highest BCUT2D eigenvalue weighted by Gasteiger charge is 2.10. The van der Waals surface area contributed by atoms with Crippen molar-refractivity contribution in [1.29, 1.82) is 0 Å². The number of nitrogens with zero attached hydrogens (tertiary/aromatic N) is 1. The molecule has 0 heterocycles. The Kier molecular flexibility index (Phi) is 4.69. The van der Waals surface area contributed by atoms with Gasteiger partial charge in [0, 0.05) is 24.5 Å². The molecular weight excluding hydrogens is 258 g/mol. The zero-order chi connectivity index (χ0) is 14.5. The second-order valence-electron chi connectivity index (χ2n) is 4.57. The van der Waals surface area contributed by atoms with Gasteiger partial charge in [-0.2, -0.15) is 0 Å². The molecular formula is C16H18F2N2. The van der Waals surface area contributed by atoms with Crippen LogP contribution in [0.3, 0.4) is 0 Å². The van der Waals surface area contributed by atoms with Crippen molar-refractivity contribution in [1.82, 2.24) is 5.32 Å². The molecule has 2 rings (SSSR count). The molecule has 0 aromatic heterocycles. The summed E-state index contributed by atoms with van der Waals surface area (Å²) >= 11 is 0. The third-order valence-electron chi connectivity index (χ3n) is 3.09. The molecule has 0 atom stereocenters. The number of nitrogens with one attached hydrogen (secondary N) is 1. The van der Waals surface area contributed by atoms with E-state index in [0.29, 0.717) is 13.1 Å². The highest BCUT2D eigenvalue weighted by molar-refractivity contribution is 5.63. The van der Waals surface area contributed by atoms with E-state index in [9.17, 15) is 8.78 Å². The molecule has 0 saturated heterocycles. The first-order chi connectivity index (χ1) is 9.63. The van der Waals surface area contributed by atoms with Crippen LogP contribution >= 0.6 is 0 Å². The van der Waals surface area contributed by atoms with Crippen LogP contribution in [-0.2, 0) is 6.54 Å². The summed E-state index contributed by atoms with van der Waals surface area (Å²) in [5, 5.41) is 3.01. The van der Waals surface area contributed by atoms with Crippen LogP contribution in [0, 0.1) is 11.6 Å². The van der Waals surface area contributed by atoms with Gasteiger partial charge >= 0.3 is 0 Å². The normalized spacial score (nSPS) is 10.6. The molecule has 0 unspecified atom stereocenters. The summed E-state index contributed by atoms with van der Waals surface area (Å²) in [4.78, 5) is 1.95. The van der Waals surface area contributed by atoms with Crippen LogP contribution in [-0.4, -0.2) is 13.6 Å². The lowest BCUT2D eigenvalue weighted by Gasteiger charge is -2.24. The van der Waals surface area contributed by atoms with Crippen LogP contribution in [0.5, 0.6) is 0 Å². The number of hydrogen-bond donors (Lipinski definition) is 1. The number of anilines is 2. The largest absolute Gasteiger partial charge is 0.342 e. The predicted molar refractivity (Wildman–Crippen MR) is 78.2 cm³/mol. The first kappa shape index (κ1) is 14.5. The first-order valence-corrected chi connectivity index (χ1v) is 6.61. The van der Waals surface area contributed by atoms with Gasteiger partial charge in [0.2, 0.25) is 0 Å². The third-order valence-corrected chi connectivity index (χ3v) is 3.09. The molecule has 0 saturated carbocycles. The topological polar surface area (TPSA) is 15.3 Å². The van der Waals surface area contributed by atoms with E-state index in [1.54, 1.807) is 12.1 Å². The molecule has 4 heteroatoms. The smallest absolute Gasteiger partial charge is 0.125 e. The molecule has 0 aliphatic heterocycles. The van der Waals surface area contributed by atoms with E-state index in [4.69, 9.17) is 0 Å². The minimum absolute atomic E-state index is 0.270. The SMILES string of the molecule is CCN(c1ccc(F)cc1)c1cc(F)cc(CNC)c1. The highest BCUT2D eigenvalue weighted by atomic mass is 19.1. The fourth-order valence-electron chi connectivity index (χ4n) is 2.23. The van der Waals surface area contributed by atoms with Crippen molar-refractivity contribution in [2.75, 3.05) is 18.5 Å². The Bertz CT molecular complexity index is 567. The van der Waals surface area contributed by atoms with Gasteiger partial charge < -0.3 is 10.2 Å². The van der Waals surface area contributed by atoms with Gasteiger partial charge in [-0.25, -0.2) is 8.78 Å². The predicted octanol–water partition coefficient (Wildman–Crippen LogP) is 3.84. The Morgan fingerprint density at radius 3 is 2.25 bits per heavy atom. The standard InChI is InChI=1S/C16H18F2N2/c1-3-20(15-6-4-13(17)5-7-15)16-9-12(11-19-2)8-14(18)10-16/h4-10,19H,3,11H2,1-2H3. The average Bonchev–Trinajstić information content (AvgIpc) is 2.41. The second kappa shape index (κ2) is 6.48. The quantitative estimate of drug-likeness (QED) is 0.892. The summed E-state index contributed by atoms with van der Waals surface area (Å²) in [5.74, 6) is -0.548. The Balaban J connectivity index is 2.38. The van der Waals surface area contributed by atoms with Crippen LogP contribution in [0.2, 0.25) is 0 Å². The monoisotopic (exact) mass is 276 g/mol. The van der Waals surface area contributed by atoms with Crippen molar-refractivity contribution in [3.63, 3.8) is 0 Å². The zero-order valence-electron chi connectivity index (χ0n) is 11.7. The maximum Gasteiger partial charge on any atom is 0.125 e. The minimum Gasteiger partial charge on any atom is -0.342 e. The molecule has 2 nitrogen and oxygen atoms in total. The van der Waals surface area contributed by atoms with Gasteiger partial charge in [0.05, 0.1) is 0 Å². The summed E-state index contributed by atoms with van der Waals surface area (Å²) in [6, 6.07) is 11.2. The molecule has 1 N–H and O–H groups in total. The molecule has 20 heavy (non-hydrogen) atoms. The second-order valence-corrected chi connectivity index (χ2v) is 4.57. The van der Waals surface area contributed by atoms with Crippen LogP contribution in [0.1, 0.15) is 12.5 Å². The summed E-state index contributed by atoms with van der Waals surface area (Å²) in [6.07, 6.45) is 0. The van der Waals surface area contributed by atoms with Gasteiger partial charge in [-0.1, -0.05) is 0 Å². The van der Waals surface area contributed by atoms with Crippen molar-refractivity contribution >= 4 is 11.4 Å². The average molecular weight is 276 g/mol. The van der Waals surface area contributed by atoms with E-state index >= 15 is 0 Å². The third kappa shape index (κ3) is 3.33. The lowest BCUT2D eigenvalue weighted by Crippen LogP contribution is -2.17. The lowest BCUT2D eigenvalue weighted by molar-refractivity contribution is 0.623. The Morgan fingerprint density at radius 2 is 1.65 bits per heavy atom. The Hall–Kier alpha value is -1.94. The van der Waals surface area contributed by atoms with Gasteiger partial charge in [-0.15, -0.1) is 0 Å². The van der Waals surface area contributed by atoms with Crippen LogP contribution in [0.15, 0.2) is 42.5 Å². The van der Waals surface area contributed by atoms with Gasteiger partial charge in [0.15, 0.2) is 0 Å². The zero-order valence-corrected chi connectivity index (χ0v) is 11.7. The lowest BCUT2D eigenvalue weighted by atomic mass is 10.1. The summed E-state index contributed by atoms with van der Waals surface area (Å²) in [6.45, 7) is 3.26. The van der Waals surface area contributed by atoms with E-state index in [1.807, 2.05) is 24.9 Å². The van der Waals surface area contributed by atoms with E-state index in [0.717, 1.165) is 16.9 Å². The van der Waals surface area contributed by atoms with Crippen LogP contribution < -0.4 is 10.2 Å². The molecule has 0 spiro atoms. The Morgan fingerprint density at radius 1 is 0.950 bits per heavy atom. The maximum absolute atomic E-state index is 13.7. The summed E-state index contributed by atoms with van der Waals surface area (Å²) in [5.41, 5.74) is 2.49. The molecule has 106 valence electrons. The fraction of sp³-hybridized carbons (Fsp3) is 0.250. The van der Waals surface area contributed by atoms with Gasteiger partial charge in [-0.3, -0.25) is 0 Å². The number of benzene rings is 2. The molecule has 2 aromatic rings. The highest BCUT2D eigenvalue weighted by Crippen LogP contribution is 2.27. The van der Waals surface area contributed by atoms with E-state index in [-0.39, 0.29) is 11.6 Å². The van der Waals surface area contributed by atoms with Crippen molar-refractivity contribution in [3.05, 3.63) is 59.7 Å². The number of hydrogen-bond acceptors (Lipinski definition) is 2. The van der Waals surface area contributed by atoms with E-state index in [2.05, 4.69) is 5.32 Å². The van der Waals surface area contributed by atoms with Crippen molar-refractivity contribution in [2.45, 2.75) is 13.5 Å². The van der Waals surface area contributed by atoms with E-state index in [1.165, 1.54) is 24.3 Å². The molecule has 0 fully saturated rings. The van der Waals surface area contributed by atoms with Crippen molar-refractivity contribution < 1.29 is 8.78 Å². The Labute approximate surface area is 118 Å². The van der Waals surface area contributed by atoms with Crippen molar-refractivity contribution in [3.8, 4) is 0 Å². The minimum atomic E-state index is -0.278. The van der Waals surface area contributed by atoms with Gasteiger partial charge in [0.25, 0.3) is 0 Å². The maximum atomic E-state index is 13.7. The van der Waals surface area contributed by atoms with Gasteiger partial charge in [0.1, 0.15) is 11.6 Å². The first-order valence-electron chi connectivity index (χ1n) is 6.61. The fourth-order valence-corrected chi connectivity index (χ4v) is 2.23. The van der Waals surface area contributed by atoms with Gasteiger partial charge in [-0.05, 0) is 62.0 Å². The van der Waals surface area contributed by atoms with Crippen molar-refractivity contribution in [2.24, 2.45) is 0 Å². The summed E-state index contributed by atoms with van der Waals surface area (Å²) < 4.78 is 26.7. The van der Waals surface area contributed by atoms with Crippen LogP contribution in [0.4, 0.5) is 20.2 Å². The molecule has 0 aliphatic rings. The van der Waals surface area contributed by atoms with Crippen LogP contribution in [0.25, 0.3) is 0 Å². The van der Waals surface area contributed by atoms with E-state index < -0.39 is 0 Å².